The number of para-hydroxylation sites is 1. The summed E-state index contributed by atoms with van der Waals surface area (Å²) >= 11 is 0. The topological polar surface area (TPSA) is 58.6 Å². The SMILES string of the molecule is CC(C)CNC(=O)[C@H](Cc1ccccc1)N(Cc1ccccc1)C(=O)CCCOc1ccccc1. The van der Waals surface area contributed by atoms with E-state index in [1.54, 1.807) is 4.90 Å². The van der Waals surface area contributed by atoms with Gasteiger partial charge in [0, 0.05) is 25.9 Å². The summed E-state index contributed by atoms with van der Waals surface area (Å²) in [5.41, 5.74) is 2.02. The highest BCUT2D eigenvalue weighted by Gasteiger charge is 2.30. The van der Waals surface area contributed by atoms with E-state index < -0.39 is 6.04 Å². The lowest BCUT2D eigenvalue weighted by atomic mass is 10.0. The lowest BCUT2D eigenvalue weighted by molar-refractivity contribution is -0.141. The van der Waals surface area contributed by atoms with Crippen LogP contribution in [0.25, 0.3) is 0 Å². The number of amides is 2. The van der Waals surface area contributed by atoms with E-state index in [0.717, 1.165) is 16.9 Å². The molecule has 0 unspecified atom stereocenters. The van der Waals surface area contributed by atoms with E-state index in [2.05, 4.69) is 19.2 Å². The smallest absolute Gasteiger partial charge is 0.243 e. The van der Waals surface area contributed by atoms with Gasteiger partial charge in [0.05, 0.1) is 6.61 Å². The number of ether oxygens (including phenoxy) is 1. The molecule has 0 aliphatic heterocycles. The van der Waals surface area contributed by atoms with E-state index in [4.69, 9.17) is 4.74 Å². The fourth-order valence-electron chi connectivity index (χ4n) is 3.83. The molecule has 5 nitrogen and oxygen atoms in total. The maximum Gasteiger partial charge on any atom is 0.243 e. The highest BCUT2D eigenvalue weighted by atomic mass is 16.5. The van der Waals surface area contributed by atoms with E-state index in [1.807, 2.05) is 91.0 Å². The molecular formula is C30H36N2O3. The number of carbonyl (C=O) groups excluding carboxylic acids is 2. The lowest BCUT2D eigenvalue weighted by Crippen LogP contribution is -2.51. The zero-order valence-corrected chi connectivity index (χ0v) is 20.7. The Morgan fingerprint density at radius 2 is 1.40 bits per heavy atom. The number of nitrogens with zero attached hydrogens (tertiary/aromatic N) is 1. The monoisotopic (exact) mass is 472 g/mol. The maximum absolute atomic E-state index is 13.5. The molecule has 0 saturated heterocycles. The van der Waals surface area contributed by atoms with Crippen LogP contribution in [0, 0.1) is 5.92 Å². The van der Waals surface area contributed by atoms with Gasteiger partial charge in [-0.05, 0) is 35.6 Å². The normalized spacial score (nSPS) is 11.6. The Morgan fingerprint density at radius 1 is 0.829 bits per heavy atom. The summed E-state index contributed by atoms with van der Waals surface area (Å²) in [6, 6.07) is 28.7. The Balaban J connectivity index is 1.76. The quantitative estimate of drug-likeness (QED) is 0.345. The van der Waals surface area contributed by atoms with E-state index in [0.29, 0.717) is 44.9 Å². The molecule has 1 atom stereocenters. The Bertz CT molecular complexity index is 1020. The molecule has 5 heteroatoms. The minimum Gasteiger partial charge on any atom is -0.494 e. The Kier molecular flexibility index (Phi) is 10.4. The Hall–Kier alpha value is -3.60. The first kappa shape index (κ1) is 26.0. The van der Waals surface area contributed by atoms with Gasteiger partial charge in [-0.1, -0.05) is 92.7 Å². The zero-order valence-electron chi connectivity index (χ0n) is 20.7. The first-order valence-corrected chi connectivity index (χ1v) is 12.4. The average molecular weight is 473 g/mol. The molecule has 2 amide bonds. The second-order valence-electron chi connectivity index (χ2n) is 9.12. The summed E-state index contributed by atoms with van der Waals surface area (Å²) in [6.45, 7) is 5.52. The van der Waals surface area contributed by atoms with Crippen LogP contribution >= 0.6 is 0 Å². The molecule has 0 heterocycles. The maximum atomic E-state index is 13.5. The minimum absolute atomic E-state index is 0.0499. The summed E-state index contributed by atoms with van der Waals surface area (Å²) < 4.78 is 5.77. The van der Waals surface area contributed by atoms with Crippen molar-refractivity contribution in [2.75, 3.05) is 13.2 Å². The standard InChI is InChI=1S/C30H36N2O3/c1-24(2)22-31-30(34)28(21-25-13-6-3-7-14-25)32(23-26-15-8-4-9-16-26)29(33)19-12-20-35-27-17-10-5-11-18-27/h3-11,13-18,24,28H,12,19-23H2,1-2H3,(H,31,34)/t28-/m0/s1. The molecule has 3 rings (SSSR count). The van der Waals surface area contributed by atoms with Gasteiger partial charge in [-0.25, -0.2) is 0 Å². The second-order valence-corrected chi connectivity index (χ2v) is 9.12. The first-order valence-electron chi connectivity index (χ1n) is 12.4. The lowest BCUT2D eigenvalue weighted by Gasteiger charge is -2.32. The molecule has 35 heavy (non-hydrogen) atoms. The number of hydrogen-bond donors (Lipinski definition) is 1. The van der Waals surface area contributed by atoms with E-state index in [-0.39, 0.29) is 11.8 Å². The molecule has 0 aromatic heterocycles. The molecule has 0 saturated carbocycles. The van der Waals surface area contributed by atoms with Crippen molar-refractivity contribution in [3.8, 4) is 5.75 Å². The minimum atomic E-state index is -0.598. The molecule has 3 aromatic rings. The molecule has 0 aliphatic carbocycles. The summed E-state index contributed by atoms with van der Waals surface area (Å²) in [7, 11) is 0. The molecule has 184 valence electrons. The molecule has 0 spiro atoms. The molecule has 0 aliphatic rings. The van der Waals surface area contributed by atoms with Gasteiger partial charge in [-0.3, -0.25) is 9.59 Å². The van der Waals surface area contributed by atoms with Crippen molar-refractivity contribution in [2.24, 2.45) is 5.92 Å². The number of nitrogens with one attached hydrogen (secondary N) is 1. The number of benzene rings is 3. The van der Waals surface area contributed by atoms with Crippen LogP contribution in [0.4, 0.5) is 0 Å². The molecule has 0 bridgehead atoms. The molecule has 1 N–H and O–H groups in total. The van der Waals surface area contributed by atoms with Crippen LogP contribution in [-0.4, -0.2) is 35.9 Å². The number of carbonyl (C=O) groups is 2. The van der Waals surface area contributed by atoms with Crippen LogP contribution in [0.15, 0.2) is 91.0 Å². The van der Waals surface area contributed by atoms with Crippen LogP contribution in [0.3, 0.4) is 0 Å². The fourth-order valence-corrected chi connectivity index (χ4v) is 3.83. The first-order chi connectivity index (χ1) is 17.0. The van der Waals surface area contributed by atoms with Gasteiger partial charge in [0.25, 0.3) is 0 Å². The molecule has 0 radical (unpaired) electrons. The highest BCUT2D eigenvalue weighted by Crippen LogP contribution is 2.17. The third-order valence-corrected chi connectivity index (χ3v) is 5.70. The van der Waals surface area contributed by atoms with Gasteiger partial charge < -0.3 is 15.0 Å². The van der Waals surface area contributed by atoms with Crippen molar-refractivity contribution in [1.82, 2.24) is 10.2 Å². The van der Waals surface area contributed by atoms with Gasteiger partial charge in [0.2, 0.25) is 11.8 Å². The Labute approximate surface area is 209 Å². The van der Waals surface area contributed by atoms with Gasteiger partial charge in [-0.15, -0.1) is 0 Å². The van der Waals surface area contributed by atoms with Crippen molar-refractivity contribution in [3.63, 3.8) is 0 Å². The third-order valence-electron chi connectivity index (χ3n) is 5.70. The van der Waals surface area contributed by atoms with Crippen LogP contribution in [-0.2, 0) is 22.6 Å². The number of rotatable bonds is 13. The second kappa shape index (κ2) is 14.0. The highest BCUT2D eigenvalue weighted by molar-refractivity contribution is 5.88. The van der Waals surface area contributed by atoms with Crippen molar-refractivity contribution < 1.29 is 14.3 Å². The van der Waals surface area contributed by atoms with Crippen molar-refractivity contribution in [2.45, 2.75) is 45.7 Å². The third kappa shape index (κ3) is 8.93. The summed E-state index contributed by atoms with van der Waals surface area (Å²) in [5.74, 6) is 0.944. The summed E-state index contributed by atoms with van der Waals surface area (Å²) in [5, 5.41) is 3.05. The fraction of sp³-hybridized carbons (Fsp3) is 0.333. The largest absolute Gasteiger partial charge is 0.494 e. The Morgan fingerprint density at radius 3 is 2.00 bits per heavy atom. The van der Waals surface area contributed by atoms with Gasteiger partial charge >= 0.3 is 0 Å². The van der Waals surface area contributed by atoms with Crippen molar-refractivity contribution in [1.29, 1.82) is 0 Å². The molecular weight excluding hydrogens is 436 g/mol. The molecule has 0 fully saturated rings. The van der Waals surface area contributed by atoms with Crippen LogP contribution in [0.1, 0.15) is 37.8 Å². The van der Waals surface area contributed by atoms with Crippen LogP contribution < -0.4 is 10.1 Å². The van der Waals surface area contributed by atoms with E-state index in [1.165, 1.54) is 0 Å². The zero-order chi connectivity index (χ0) is 24.9. The average Bonchev–Trinajstić information content (AvgIpc) is 2.89. The summed E-state index contributed by atoms with van der Waals surface area (Å²) in [4.78, 5) is 28.6. The van der Waals surface area contributed by atoms with Crippen molar-refractivity contribution >= 4 is 11.8 Å². The summed E-state index contributed by atoms with van der Waals surface area (Å²) in [6.07, 6.45) is 1.34. The predicted octanol–water partition coefficient (Wildman–Crippen LogP) is 5.26. The van der Waals surface area contributed by atoms with E-state index in [9.17, 15) is 9.59 Å². The van der Waals surface area contributed by atoms with Gasteiger partial charge in [0.15, 0.2) is 0 Å². The molecule has 3 aromatic carbocycles. The van der Waals surface area contributed by atoms with Crippen LogP contribution in [0.5, 0.6) is 5.75 Å². The van der Waals surface area contributed by atoms with Crippen LogP contribution in [0.2, 0.25) is 0 Å². The van der Waals surface area contributed by atoms with Gasteiger partial charge in [-0.2, -0.15) is 0 Å². The van der Waals surface area contributed by atoms with Crippen molar-refractivity contribution in [3.05, 3.63) is 102 Å². The number of hydrogen-bond acceptors (Lipinski definition) is 3. The predicted molar refractivity (Wildman–Crippen MR) is 140 cm³/mol. The van der Waals surface area contributed by atoms with Gasteiger partial charge in [0.1, 0.15) is 11.8 Å². The van der Waals surface area contributed by atoms with E-state index >= 15 is 0 Å².